The van der Waals surface area contributed by atoms with Gasteiger partial charge in [-0.25, -0.2) is 4.98 Å². The third-order valence-corrected chi connectivity index (χ3v) is 3.66. The summed E-state index contributed by atoms with van der Waals surface area (Å²) >= 11 is 6.72. The van der Waals surface area contributed by atoms with Gasteiger partial charge in [0, 0.05) is 29.1 Å². The van der Waals surface area contributed by atoms with E-state index in [0.29, 0.717) is 11.0 Å². The van der Waals surface area contributed by atoms with E-state index in [1.165, 1.54) is 4.88 Å². The Labute approximate surface area is 116 Å². The number of thiocarbonyl (C=S) groups is 1. The lowest BCUT2D eigenvalue weighted by Crippen LogP contribution is -2.19. The van der Waals surface area contributed by atoms with E-state index in [0.717, 1.165) is 17.8 Å². The third-order valence-electron chi connectivity index (χ3n) is 2.53. The minimum atomic E-state index is 0.317. The predicted octanol–water partition coefficient (Wildman–Crippen LogP) is 2.82. The Morgan fingerprint density at radius 1 is 1.56 bits per heavy atom. The Morgan fingerprint density at radius 3 is 3.06 bits per heavy atom. The normalized spacial score (nSPS) is 12.1. The first-order valence-corrected chi connectivity index (χ1v) is 6.98. The largest absolute Gasteiger partial charge is 0.389 e. The van der Waals surface area contributed by atoms with Gasteiger partial charge in [-0.05, 0) is 30.5 Å². The van der Waals surface area contributed by atoms with Gasteiger partial charge >= 0.3 is 0 Å². The summed E-state index contributed by atoms with van der Waals surface area (Å²) in [5.74, 6) is 0.810. The molecule has 1 unspecified atom stereocenters. The lowest BCUT2D eigenvalue weighted by molar-refractivity contribution is 0.794. The van der Waals surface area contributed by atoms with Gasteiger partial charge in [-0.1, -0.05) is 18.3 Å². The first-order valence-electron chi connectivity index (χ1n) is 5.70. The van der Waals surface area contributed by atoms with E-state index in [4.69, 9.17) is 18.0 Å². The standard InChI is InChI=1S/C13H15N3S2/c1-9(7-11-3-2-6-18-11)16-12-8-10(13(14)17)4-5-15-12/h2-6,8-9H,7H2,1H3,(H2,14,17)(H,15,16). The van der Waals surface area contributed by atoms with Crippen molar-refractivity contribution in [3.8, 4) is 0 Å². The fourth-order valence-corrected chi connectivity index (χ4v) is 2.66. The van der Waals surface area contributed by atoms with Crippen molar-refractivity contribution in [2.24, 2.45) is 5.73 Å². The van der Waals surface area contributed by atoms with Gasteiger partial charge in [0.25, 0.3) is 0 Å². The molecular formula is C13H15N3S2. The van der Waals surface area contributed by atoms with Gasteiger partial charge in [-0.15, -0.1) is 11.3 Å². The molecule has 0 aliphatic heterocycles. The quantitative estimate of drug-likeness (QED) is 0.825. The number of anilines is 1. The van der Waals surface area contributed by atoms with Crippen LogP contribution in [0.1, 0.15) is 17.4 Å². The van der Waals surface area contributed by atoms with Gasteiger partial charge in [-0.3, -0.25) is 0 Å². The highest BCUT2D eigenvalue weighted by molar-refractivity contribution is 7.80. The zero-order valence-electron chi connectivity index (χ0n) is 10.1. The second-order valence-electron chi connectivity index (χ2n) is 4.12. The summed E-state index contributed by atoms with van der Waals surface area (Å²) in [5, 5.41) is 5.45. The topological polar surface area (TPSA) is 50.9 Å². The Bertz CT molecular complexity index is 523. The van der Waals surface area contributed by atoms with Gasteiger partial charge in [0.05, 0.1) is 0 Å². The van der Waals surface area contributed by atoms with E-state index in [9.17, 15) is 0 Å². The van der Waals surface area contributed by atoms with Crippen LogP contribution in [-0.4, -0.2) is 16.0 Å². The van der Waals surface area contributed by atoms with Crippen LogP contribution in [0.4, 0.5) is 5.82 Å². The number of thiophene rings is 1. The Balaban J connectivity index is 2.00. The van der Waals surface area contributed by atoms with Crippen molar-refractivity contribution in [1.82, 2.24) is 4.98 Å². The van der Waals surface area contributed by atoms with Crippen molar-refractivity contribution in [3.05, 3.63) is 46.3 Å². The smallest absolute Gasteiger partial charge is 0.126 e. The minimum Gasteiger partial charge on any atom is -0.389 e. The maximum atomic E-state index is 5.60. The van der Waals surface area contributed by atoms with Gasteiger partial charge in [-0.2, -0.15) is 0 Å². The molecule has 3 nitrogen and oxygen atoms in total. The van der Waals surface area contributed by atoms with E-state index in [1.54, 1.807) is 17.5 Å². The summed E-state index contributed by atoms with van der Waals surface area (Å²) in [5.41, 5.74) is 6.44. The molecular weight excluding hydrogens is 262 g/mol. The number of hydrogen-bond donors (Lipinski definition) is 2. The highest BCUT2D eigenvalue weighted by Crippen LogP contribution is 2.14. The van der Waals surface area contributed by atoms with Crippen LogP contribution in [0.5, 0.6) is 0 Å². The number of hydrogen-bond acceptors (Lipinski definition) is 4. The first kappa shape index (κ1) is 13.0. The lowest BCUT2D eigenvalue weighted by Gasteiger charge is -2.14. The molecule has 0 radical (unpaired) electrons. The van der Waals surface area contributed by atoms with Crippen LogP contribution >= 0.6 is 23.6 Å². The van der Waals surface area contributed by atoms with Crippen LogP contribution < -0.4 is 11.1 Å². The second-order valence-corrected chi connectivity index (χ2v) is 5.59. The maximum absolute atomic E-state index is 5.60. The van der Waals surface area contributed by atoms with Crippen LogP contribution in [-0.2, 0) is 6.42 Å². The lowest BCUT2D eigenvalue weighted by atomic mass is 10.2. The van der Waals surface area contributed by atoms with Gasteiger partial charge in [0.1, 0.15) is 10.8 Å². The molecule has 94 valence electrons. The van der Waals surface area contributed by atoms with Crippen LogP contribution in [0.3, 0.4) is 0 Å². The van der Waals surface area contributed by atoms with E-state index in [1.807, 2.05) is 12.1 Å². The molecule has 18 heavy (non-hydrogen) atoms. The Morgan fingerprint density at radius 2 is 2.39 bits per heavy atom. The number of aromatic nitrogens is 1. The zero-order valence-corrected chi connectivity index (χ0v) is 11.7. The molecule has 0 aromatic carbocycles. The van der Waals surface area contributed by atoms with Crippen LogP contribution in [0, 0.1) is 0 Å². The average molecular weight is 277 g/mol. The molecule has 0 aliphatic carbocycles. The summed E-state index contributed by atoms with van der Waals surface area (Å²) in [6, 6.07) is 8.22. The first-order chi connectivity index (χ1) is 8.65. The van der Waals surface area contributed by atoms with E-state index in [-0.39, 0.29) is 0 Å². The summed E-state index contributed by atoms with van der Waals surface area (Å²) < 4.78 is 0. The van der Waals surface area contributed by atoms with Gasteiger partial charge in [0.2, 0.25) is 0 Å². The van der Waals surface area contributed by atoms with Crippen molar-refractivity contribution < 1.29 is 0 Å². The Hall–Kier alpha value is -1.46. The summed E-state index contributed by atoms with van der Waals surface area (Å²) in [4.78, 5) is 6.02. The summed E-state index contributed by atoms with van der Waals surface area (Å²) in [6.45, 7) is 2.13. The fourth-order valence-electron chi connectivity index (χ4n) is 1.70. The van der Waals surface area contributed by atoms with Crippen molar-refractivity contribution in [2.45, 2.75) is 19.4 Å². The van der Waals surface area contributed by atoms with Crippen molar-refractivity contribution in [1.29, 1.82) is 0 Å². The molecule has 0 fully saturated rings. The highest BCUT2D eigenvalue weighted by atomic mass is 32.1. The molecule has 2 aromatic heterocycles. The van der Waals surface area contributed by atoms with Gasteiger partial charge in [0.15, 0.2) is 0 Å². The molecule has 5 heteroatoms. The zero-order chi connectivity index (χ0) is 13.0. The molecule has 0 bridgehead atoms. The molecule has 3 N–H and O–H groups in total. The van der Waals surface area contributed by atoms with E-state index < -0.39 is 0 Å². The SMILES string of the molecule is CC(Cc1cccs1)Nc1cc(C(N)=S)ccn1. The predicted molar refractivity (Wildman–Crippen MR) is 81.2 cm³/mol. The van der Waals surface area contributed by atoms with Gasteiger partial charge < -0.3 is 11.1 Å². The maximum Gasteiger partial charge on any atom is 0.126 e. The third kappa shape index (κ3) is 3.51. The molecule has 0 saturated carbocycles. The fraction of sp³-hybridized carbons (Fsp3) is 0.231. The van der Waals surface area contributed by atoms with Crippen LogP contribution in [0.2, 0.25) is 0 Å². The van der Waals surface area contributed by atoms with E-state index in [2.05, 4.69) is 34.7 Å². The minimum absolute atomic E-state index is 0.317. The number of rotatable bonds is 5. The molecule has 2 heterocycles. The van der Waals surface area contributed by atoms with Crippen molar-refractivity contribution in [2.75, 3.05) is 5.32 Å². The van der Waals surface area contributed by atoms with Crippen molar-refractivity contribution in [3.63, 3.8) is 0 Å². The Kier molecular flexibility index (Phi) is 4.28. The molecule has 2 aromatic rings. The van der Waals surface area contributed by atoms with Crippen molar-refractivity contribution >= 4 is 34.4 Å². The highest BCUT2D eigenvalue weighted by Gasteiger charge is 2.06. The number of nitrogens with two attached hydrogens (primary N) is 1. The number of pyridine rings is 1. The molecule has 0 spiro atoms. The molecule has 1 atom stereocenters. The monoisotopic (exact) mass is 277 g/mol. The van der Waals surface area contributed by atoms with E-state index >= 15 is 0 Å². The summed E-state index contributed by atoms with van der Waals surface area (Å²) in [6.07, 6.45) is 2.70. The molecule has 2 rings (SSSR count). The number of nitrogens with one attached hydrogen (secondary N) is 1. The summed E-state index contributed by atoms with van der Waals surface area (Å²) in [7, 11) is 0. The van der Waals surface area contributed by atoms with Crippen LogP contribution in [0.25, 0.3) is 0 Å². The molecule has 0 saturated heterocycles. The average Bonchev–Trinajstić information content (AvgIpc) is 2.82. The number of nitrogens with zero attached hydrogens (tertiary/aromatic N) is 1. The van der Waals surface area contributed by atoms with Crippen LogP contribution in [0.15, 0.2) is 35.8 Å². The molecule has 0 amide bonds. The molecule has 0 aliphatic rings. The second kappa shape index (κ2) is 5.93.